The van der Waals surface area contributed by atoms with Crippen LogP contribution in [0.3, 0.4) is 0 Å². The quantitative estimate of drug-likeness (QED) is 0.796. The summed E-state index contributed by atoms with van der Waals surface area (Å²) in [6, 6.07) is 5.24. The van der Waals surface area contributed by atoms with Crippen LogP contribution in [-0.2, 0) is 15.9 Å². The summed E-state index contributed by atoms with van der Waals surface area (Å²) in [5.74, 6) is -0.206. The van der Waals surface area contributed by atoms with Crippen LogP contribution in [0, 0.1) is 5.82 Å². The monoisotopic (exact) mass is 293 g/mol. The lowest BCUT2D eigenvalue weighted by atomic mass is 9.78. The molecule has 0 N–H and O–H groups in total. The van der Waals surface area contributed by atoms with E-state index in [-0.39, 0.29) is 5.82 Å². The molecule has 116 valence electrons. The largest absolute Gasteiger partial charge is 0.494 e. The first-order valence-corrected chi connectivity index (χ1v) is 7.49. The highest BCUT2D eigenvalue weighted by Gasteiger charge is 2.51. The lowest BCUT2D eigenvalue weighted by Gasteiger charge is -2.32. The summed E-state index contributed by atoms with van der Waals surface area (Å²) in [6.45, 7) is 11.5. The van der Waals surface area contributed by atoms with E-state index in [0.29, 0.717) is 12.1 Å². The minimum atomic E-state index is -0.512. The zero-order valence-electron chi connectivity index (χ0n) is 13.9. The first-order valence-electron chi connectivity index (χ1n) is 7.49. The van der Waals surface area contributed by atoms with Crippen molar-refractivity contribution in [3.8, 4) is 0 Å². The molecule has 1 heterocycles. The molecule has 0 amide bonds. The SMILES string of the molecule is CCN(C)Cc1ccc(B2OC(C)(C)C(C)(C)O2)cc1F. The van der Waals surface area contributed by atoms with Gasteiger partial charge in [0.1, 0.15) is 5.82 Å². The smallest absolute Gasteiger partial charge is 0.399 e. The van der Waals surface area contributed by atoms with Gasteiger partial charge in [0.05, 0.1) is 11.2 Å². The Balaban J connectivity index is 2.18. The molecular formula is C16H25BFNO2. The van der Waals surface area contributed by atoms with E-state index < -0.39 is 18.3 Å². The first kappa shape index (κ1) is 16.5. The van der Waals surface area contributed by atoms with Gasteiger partial charge in [0, 0.05) is 12.1 Å². The third kappa shape index (κ3) is 3.30. The van der Waals surface area contributed by atoms with E-state index >= 15 is 0 Å². The fraction of sp³-hybridized carbons (Fsp3) is 0.625. The third-order valence-electron chi connectivity index (χ3n) is 4.58. The zero-order valence-corrected chi connectivity index (χ0v) is 13.9. The van der Waals surface area contributed by atoms with Crippen LogP contribution < -0.4 is 5.46 Å². The summed E-state index contributed by atoms with van der Waals surface area (Å²) in [6.07, 6.45) is 0. The maximum atomic E-state index is 14.2. The number of hydrogen-bond donors (Lipinski definition) is 0. The van der Waals surface area contributed by atoms with Gasteiger partial charge in [-0.2, -0.15) is 0 Å². The molecule has 1 aromatic rings. The molecule has 1 aliphatic heterocycles. The summed E-state index contributed by atoms with van der Waals surface area (Å²) >= 11 is 0. The van der Waals surface area contributed by atoms with Crippen molar-refractivity contribution >= 4 is 12.6 Å². The summed E-state index contributed by atoms with van der Waals surface area (Å²) in [5.41, 5.74) is 0.610. The zero-order chi connectivity index (χ0) is 15.8. The summed E-state index contributed by atoms with van der Waals surface area (Å²) < 4.78 is 26.1. The van der Waals surface area contributed by atoms with Crippen molar-refractivity contribution in [2.75, 3.05) is 13.6 Å². The number of hydrogen-bond acceptors (Lipinski definition) is 3. The average Bonchev–Trinajstić information content (AvgIpc) is 2.60. The lowest BCUT2D eigenvalue weighted by molar-refractivity contribution is 0.00578. The van der Waals surface area contributed by atoms with E-state index in [2.05, 4.69) is 11.8 Å². The van der Waals surface area contributed by atoms with Crippen LogP contribution in [0.2, 0.25) is 0 Å². The highest BCUT2D eigenvalue weighted by molar-refractivity contribution is 6.62. The van der Waals surface area contributed by atoms with Crippen LogP contribution in [0.5, 0.6) is 0 Å². The van der Waals surface area contributed by atoms with Crippen LogP contribution >= 0.6 is 0 Å². The Morgan fingerprint density at radius 1 is 1.14 bits per heavy atom. The molecular weight excluding hydrogens is 268 g/mol. The Hall–Kier alpha value is -0.905. The summed E-state index contributed by atoms with van der Waals surface area (Å²) in [5, 5.41) is 0. The Kier molecular flexibility index (Phi) is 4.48. The van der Waals surface area contributed by atoms with Crippen molar-refractivity contribution in [1.29, 1.82) is 0 Å². The van der Waals surface area contributed by atoms with Gasteiger partial charge in [-0.15, -0.1) is 0 Å². The highest BCUT2D eigenvalue weighted by atomic mass is 19.1. The molecule has 0 radical (unpaired) electrons. The molecule has 1 aromatic carbocycles. The standard InChI is InChI=1S/C16H25BFNO2/c1-7-19(6)11-12-8-9-13(10-14(12)18)17-20-15(2,3)16(4,5)21-17/h8-10H,7,11H2,1-6H3. The molecule has 1 saturated heterocycles. The number of nitrogens with zero attached hydrogens (tertiary/aromatic N) is 1. The molecule has 0 bridgehead atoms. The molecule has 1 aliphatic rings. The summed E-state index contributed by atoms with van der Waals surface area (Å²) in [4.78, 5) is 2.06. The Morgan fingerprint density at radius 3 is 2.19 bits per heavy atom. The number of benzene rings is 1. The molecule has 0 spiro atoms. The van der Waals surface area contributed by atoms with Crippen LogP contribution in [-0.4, -0.2) is 36.8 Å². The van der Waals surface area contributed by atoms with Crippen molar-refractivity contribution < 1.29 is 13.7 Å². The van der Waals surface area contributed by atoms with Gasteiger partial charge >= 0.3 is 7.12 Å². The Bertz CT molecular complexity index is 503. The Morgan fingerprint density at radius 2 is 1.71 bits per heavy atom. The second kappa shape index (κ2) is 5.71. The van der Waals surface area contributed by atoms with E-state index in [1.165, 1.54) is 6.07 Å². The molecule has 0 aromatic heterocycles. The van der Waals surface area contributed by atoms with Crippen molar-refractivity contribution in [3.05, 3.63) is 29.6 Å². The molecule has 0 unspecified atom stereocenters. The average molecular weight is 293 g/mol. The van der Waals surface area contributed by atoms with Gasteiger partial charge in [-0.1, -0.05) is 19.1 Å². The highest BCUT2D eigenvalue weighted by Crippen LogP contribution is 2.36. The predicted octanol–water partition coefficient (Wildman–Crippen LogP) is 2.58. The maximum absolute atomic E-state index is 14.2. The van der Waals surface area contributed by atoms with E-state index in [1.807, 2.05) is 46.9 Å². The van der Waals surface area contributed by atoms with E-state index in [1.54, 1.807) is 0 Å². The van der Waals surface area contributed by atoms with Crippen molar-refractivity contribution in [2.45, 2.75) is 52.4 Å². The lowest BCUT2D eigenvalue weighted by Crippen LogP contribution is -2.41. The number of halogens is 1. The fourth-order valence-electron chi connectivity index (χ4n) is 2.22. The fourth-order valence-corrected chi connectivity index (χ4v) is 2.22. The maximum Gasteiger partial charge on any atom is 0.494 e. The van der Waals surface area contributed by atoms with Gasteiger partial charge in [0.25, 0.3) is 0 Å². The van der Waals surface area contributed by atoms with Crippen molar-refractivity contribution in [1.82, 2.24) is 4.90 Å². The second-order valence-corrected chi connectivity index (χ2v) is 6.77. The van der Waals surface area contributed by atoms with E-state index in [4.69, 9.17) is 9.31 Å². The molecule has 1 fully saturated rings. The molecule has 2 rings (SSSR count). The normalized spacial score (nSPS) is 20.3. The molecule has 0 atom stereocenters. The molecule has 3 nitrogen and oxygen atoms in total. The van der Waals surface area contributed by atoms with Crippen LogP contribution in [0.1, 0.15) is 40.2 Å². The van der Waals surface area contributed by atoms with E-state index in [9.17, 15) is 4.39 Å². The topological polar surface area (TPSA) is 21.7 Å². The minimum absolute atomic E-state index is 0.206. The third-order valence-corrected chi connectivity index (χ3v) is 4.58. The van der Waals surface area contributed by atoms with Gasteiger partial charge in [-0.3, -0.25) is 0 Å². The van der Waals surface area contributed by atoms with Gasteiger partial charge < -0.3 is 14.2 Å². The van der Waals surface area contributed by atoms with E-state index in [0.717, 1.165) is 12.0 Å². The molecule has 5 heteroatoms. The molecule has 21 heavy (non-hydrogen) atoms. The molecule has 0 aliphatic carbocycles. The number of rotatable bonds is 4. The van der Waals surface area contributed by atoms with Crippen LogP contribution in [0.15, 0.2) is 18.2 Å². The summed E-state index contributed by atoms with van der Waals surface area (Å²) in [7, 11) is 1.46. The second-order valence-electron chi connectivity index (χ2n) is 6.77. The first-order chi connectivity index (χ1) is 9.66. The Labute approximate surface area is 127 Å². The van der Waals surface area contributed by atoms with Gasteiger partial charge in [0.2, 0.25) is 0 Å². The van der Waals surface area contributed by atoms with Gasteiger partial charge in [-0.25, -0.2) is 4.39 Å². The minimum Gasteiger partial charge on any atom is -0.399 e. The van der Waals surface area contributed by atoms with Gasteiger partial charge in [-0.05, 0) is 52.8 Å². The van der Waals surface area contributed by atoms with Crippen molar-refractivity contribution in [2.24, 2.45) is 0 Å². The molecule has 0 saturated carbocycles. The predicted molar refractivity (Wildman–Crippen MR) is 84.1 cm³/mol. The van der Waals surface area contributed by atoms with Crippen LogP contribution in [0.25, 0.3) is 0 Å². The van der Waals surface area contributed by atoms with Crippen LogP contribution in [0.4, 0.5) is 4.39 Å². The van der Waals surface area contributed by atoms with Gasteiger partial charge in [0.15, 0.2) is 0 Å². The van der Waals surface area contributed by atoms with Crippen molar-refractivity contribution in [3.63, 3.8) is 0 Å².